The fourth-order valence-corrected chi connectivity index (χ4v) is 4.59. The Morgan fingerprint density at radius 3 is 2.76 bits per heavy atom. The van der Waals surface area contributed by atoms with E-state index in [0.29, 0.717) is 10.6 Å². The summed E-state index contributed by atoms with van der Waals surface area (Å²) in [6.45, 7) is 2.70. The summed E-state index contributed by atoms with van der Waals surface area (Å²) in [6, 6.07) is 6.92. The van der Waals surface area contributed by atoms with E-state index < -0.39 is 9.84 Å². The van der Waals surface area contributed by atoms with Crippen molar-refractivity contribution in [1.29, 1.82) is 0 Å². The van der Waals surface area contributed by atoms with E-state index in [0.717, 1.165) is 30.0 Å². The fourth-order valence-electron chi connectivity index (χ4n) is 2.33. The van der Waals surface area contributed by atoms with E-state index in [1.165, 1.54) is 11.3 Å². The van der Waals surface area contributed by atoms with E-state index in [1.54, 1.807) is 12.1 Å². The summed E-state index contributed by atoms with van der Waals surface area (Å²) in [5.74, 6) is -0.0563. The summed E-state index contributed by atoms with van der Waals surface area (Å²) in [5, 5.41) is 2.71. The molecule has 4 nitrogen and oxygen atoms in total. The van der Waals surface area contributed by atoms with Crippen molar-refractivity contribution >= 4 is 21.2 Å². The van der Waals surface area contributed by atoms with Crippen molar-refractivity contribution in [2.24, 2.45) is 0 Å². The predicted molar refractivity (Wildman–Crippen MR) is 82.1 cm³/mol. The van der Waals surface area contributed by atoms with Crippen LogP contribution >= 0.6 is 11.3 Å². The van der Waals surface area contributed by atoms with Crippen LogP contribution < -0.4 is 0 Å². The van der Waals surface area contributed by atoms with Crippen molar-refractivity contribution in [2.75, 3.05) is 6.61 Å². The topological polar surface area (TPSA) is 56.3 Å². The summed E-state index contributed by atoms with van der Waals surface area (Å²) >= 11 is 1.48. The number of aromatic nitrogens is 1. The highest BCUT2D eigenvalue weighted by atomic mass is 32.2. The Hall–Kier alpha value is -1.24. The van der Waals surface area contributed by atoms with Gasteiger partial charge in [0.05, 0.1) is 16.3 Å². The predicted octanol–water partition coefficient (Wildman–Crippen LogP) is 3.28. The lowest BCUT2D eigenvalue weighted by molar-refractivity contribution is 0.111. The maximum absolute atomic E-state index is 12.4. The molecule has 3 rings (SSSR count). The van der Waals surface area contributed by atoms with E-state index in [-0.39, 0.29) is 11.9 Å². The second-order valence-electron chi connectivity index (χ2n) is 5.25. The molecule has 2 heterocycles. The highest BCUT2D eigenvalue weighted by Crippen LogP contribution is 2.31. The molecule has 0 saturated carbocycles. The van der Waals surface area contributed by atoms with E-state index >= 15 is 0 Å². The number of ether oxygens (including phenoxy) is 1. The second-order valence-corrected chi connectivity index (χ2v) is 8.13. The summed E-state index contributed by atoms with van der Waals surface area (Å²) in [7, 11) is -3.34. The summed E-state index contributed by atoms with van der Waals surface area (Å²) < 4.78 is 30.3. The largest absolute Gasteiger partial charge is 0.371 e. The number of nitrogens with zero attached hydrogens (tertiary/aromatic N) is 1. The van der Waals surface area contributed by atoms with Crippen molar-refractivity contribution in [3.8, 4) is 0 Å². The van der Waals surface area contributed by atoms with Crippen LogP contribution in [0.3, 0.4) is 0 Å². The van der Waals surface area contributed by atoms with E-state index in [1.807, 2.05) is 24.4 Å². The first-order valence-corrected chi connectivity index (χ1v) is 9.43. The molecule has 1 aliphatic heterocycles. The van der Waals surface area contributed by atoms with Gasteiger partial charge in [-0.3, -0.25) is 0 Å². The van der Waals surface area contributed by atoms with Gasteiger partial charge in [-0.2, -0.15) is 0 Å². The molecule has 0 bridgehead atoms. The molecule has 1 aromatic heterocycles. The quantitative estimate of drug-likeness (QED) is 0.866. The van der Waals surface area contributed by atoms with Crippen LogP contribution in [0.1, 0.15) is 35.2 Å². The Bertz CT molecular complexity index is 714. The van der Waals surface area contributed by atoms with Crippen LogP contribution in [0.25, 0.3) is 0 Å². The van der Waals surface area contributed by atoms with Crippen LogP contribution in [0.2, 0.25) is 0 Å². The molecular weight excluding hydrogens is 306 g/mol. The van der Waals surface area contributed by atoms with Crippen LogP contribution in [0, 0.1) is 6.92 Å². The Balaban J connectivity index is 1.77. The molecule has 0 radical (unpaired) electrons. The molecule has 0 spiro atoms. The zero-order chi connectivity index (χ0) is 14.9. The van der Waals surface area contributed by atoms with Crippen LogP contribution in [-0.4, -0.2) is 20.0 Å². The summed E-state index contributed by atoms with van der Waals surface area (Å²) in [4.78, 5) is 4.78. The average Bonchev–Trinajstić information content (AvgIpc) is 3.09. The number of aryl methyl sites for hydroxylation is 1. The highest BCUT2D eigenvalue weighted by molar-refractivity contribution is 7.90. The fraction of sp³-hybridized carbons (Fsp3) is 0.400. The number of thiazole rings is 1. The molecule has 112 valence electrons. The third-order valence-electron chi connectivity index (χ3n) is 3.49. The first-order valence-electron chi connectivity index (χ1n) is 6.90. The lowest BCUT2D eigenvalue weighted by atomic mass is 10.2. The minimum absolute atomic E-state index is 0.0471. The van der Waals surface area contributed by atoms with Gasteiger partial charge in [-0.05, 0) is 31.9 Å². The maximum Gasteiger partial charge on any atom is 0.184 e. The molecule has 1 fully saturated rings. The van der Waals surface area contributed by atoms with Gasteiger partial charge >= 0.3 is 0 Å². The third kappa shape index (κ3) is 3.33. The number of hydrogen-bond donors (Lipinski definition) is 0. The van der Waals surface area contributed by atoms with Gasteiger partial charge in [-0.25, -0.2) is 13.4 Å². The van der Waals surface area contributed by atoms with Gasteiger partial charge in [-0.1, -0.05) is 17.7 Å². The van der Waals surface area contributed by atoms with Gasteiger partial charge in [0.1, 0.15) is 11.1 Å². The number of rotatable bonds is 4. The highest BCUT2D eigenvalue weighted by Gasteiger charge is 2.23. The first kappa shape index (κ1) is 14.7. The Labute approximate surface area is 128 Å². The minimum atomic E-state index is -3.34. The standard InChI is InChI=1S/C15H17NO3S2/c1-11-4-6-13(7-5-11)21(17,18)10-12-9-20-15(16-12)14-3-2-8-19-14/h4-7,9,14H,2-3,8,10H2,1H3. The monoisotopic (exact) mass is 323 g/mol. The summed E-state index contributed by atoms with van der Waals surface area (Å²) in [6.07, 6.45) is 2.06. The van der Waals surface area contributed by atoms with Gasteiger partial charge < -0.3 is 4.74 Å². The molecule has 1 aromatic carbocycles. The number of sulfone groups is 1. The molecule has 0 aliphatic carbocycles. The van der Waals surface area contributed by atoms with Crippen molar-refractivity contribution < 1.29 is 13.2 Å². The van der Waals surface area contributed by atoms with Gasteiger partial charge in [0.15, 0.2) is 9.84 Å². The van der Waals surface area contributed by atoms with Crippen molar-refractivity contribution in [2.45, 2.75) is 36.5 Å². The van der Waals surface area contributed by atoms with E-state index in [4.69, 9.17) is 4.74 Å². The zero-order valence-electron chi connectivity index (χ0n) is 11.8. The van der Waals surface area contributed by atoms with Gasteiger partial charge in [0.25, 0.3) is 0 Å². The second kappa shape index (κ2) is 5.87. The lowest BCUT2D eigenvalue weighted by Crippen LogP contribution is -2.05. The first-order chi connectivity index (χ1) is 10.0. The maximum atomic E-state index is 12.4. The molecule has 1 unspecified atom stereocenters. The molecule has 1 aliphatic rings. The zero-order valence-corrected chi connectivity index (χ0v) is 13.4. The molecule has 1 atom stereocenters. The molecular formula is C15H17NO3S2. The third-order valence-corrected chi connectivity index (χ3v) is 6.14. The lowest BCUT2D eigenvalue weighted by Gasteiger charge is -2.04. The molecule has 2 aromatic rings. The Morgan fingerprint density at radius 1 is 1.33 bits per heavy atom. The van der Waals surface area contributed by atoms with Gasteiger partial charge in [0, 0.05) is 12.0 Å². The minimum Gasteiger partial charge on any atom is -0.371 e. The van der Waals surface area contributed by atoms with Crippen molar-refractivity contribution in [3.05, 3.63) is 45.9 Å². The van der Waals surface area contributed by atoms with Crippen LogP contribution in [-0.2, 0) is 20.3 Å². The van der Waals surface area contributed by atoms with Crippen LogP contribution in [0.4, 0.5) is 0 Å². The SMILES string of the molecule is Cc1ccc(S(=O)(=O)Cc2csc(C3CCCO3)n2)cc1. The number of benzene rings is 1. The van der Waals surface area contributed by atoms with Gasteiger partial charge in [-0.15, -0.1) is 11.3 Å². The van der Waals surface area contributed by atoms with Crippen molar-refractivity contribution in [1.82, 2.24) is 4.98 Å². The summed E-state index contributed by atoms with van der Waals surface area (Å²) in [5.41, 5.74) is 1.65. The molecule has 21 heavy (non-hydrogen) atoms. The Morgan fingerprint density at radius 2 is 2.10 bits per heavy atom. The van der Waals surface area contributed by atoms with E-state index in [2.05, 4.69) is 4.98 Å². The molecule has 0 amide bonds. The smallest absolute Gasteiger partial charge is 0.184 e. The molecule has 6 heteroatoms. The normalized spacial score (nSPS) is 19.0. The van der Waals surface area contributed by atoms with Crippen LogP contribution in [0.15, 0.2) is 34.5 Å². The van der Waals surface area contributed by atoms with Crippen molar-refractivity contribution in [3.63, 3.8) is 0 Å². The number of hydrogen-bond acceptors (Lipinski definition) is 5. The molecule has 1 saturated heterocycles. The Kier molecular flexibility index (Phi) is 4.10. The van der Waals surface area contributed by atoms with Gasteiger partial charge in [0.2, 0.25) is 0 Å². The van der Waals surface area contributed by atoms with Crippen LogP contribution in [0.5, 0.6) is 0 Å². The molecule has 0 N–H and O–H groups in total. The average molecular weight is 323 g/mol. The van der Waals surface area contributed by atoms with E-state index in [9.17, 15) is 8.42 Å².